The Hall–Kier alpha value is -2.70. The second-order valence-electron chi connectivity index (χ2n) is 7.28. The molecule has 136 valence electrons. The first kappa shape index (κ1) is 16.8. The molecule has 0 saturated carbocycles. The van der Waals surface area contributed by atoms with E-state index in [0.29, 0.717) is 37.8 Å². The van der Waals surface area contributed by atoms with E-state index >= 15 is 0 Å². The third-order valence-corrected chi connectivity index (χ3v) is 5.62. The fourth-order valence-electron chi connectivity index (χ4n) is 4.33. The Bertz CT molecular complexity index is 834. The van der Waals surface area contributed by atoms with Crippen LogP contribution < -0.4 is 0 Å². The number of carbonyl (C=O) groups excluding carboxylic acids is 2. The van der Waals surface area contributed by atoms with Crippen LogP contribution in [0.3, 0.4) is 0 Å². The highest BCUT2D eigenvalue weighted by atomic mass is 16.5. The molecule has 0 radical (unpaired) electrons. The largest absolute Gasteiger partial charge is 0.345 e. The first-order valence-electron chi connectivity index (χ1n) is 8.87. The molecule has 2 aromatic rings. The van der Waals surface area contributed by atoms with E-state index < -0.39 is 5.41 Å². The van der Waals surface area contributed by atoms with Crippen molar-refractivity contribution in [2.75, 3.05) is 26.7 Å². The molecule has 4 rings (SSSR count). The number of likely N-dealkylation sites (N-methyl/N-ethyl adjacent to an activating group) is 1. The van der Waals surface area contributed by atoms with Gasteiger partial charge in [0.2, 0.25) is 17.7 Å². The minimum absolute atomic E-state index is 0.0697. The van der Waals surface area contributed by atoms with Crippen molar-refractivity contribution in [2.24, 2.45) is 5.41 Å². The van der Waals surface area contributed by atoms with E-state index in [1.165, 1.54) is 0 Å². The van der Waals surface area contributed by atoms with Crippen molar-refractivity contribution in [2.45, 2.75) is 25.7 Å². The Morgan fingerprint density at radius 1 is 1.35 bits per heavy atom. The Kier molecular flexibility index (Phi) is 4.01. The van der Waals surface area contributed by atoms with Crippen molar-refractivity contribution in [3.05, 3.63) is 47.6 Å². The third-order valence-electron chi connectivity index (χ3n) is 5.62. The normalized spacial score (nSPS) is 25.5. The van der Waals surface area contributed by atoms with Gasteiger partial charge in [-0.15, -0.1) is 0 Å². The topological polar surface area (TPSA) is 79.5 Å². The predicted octanol–water partition coefficient (Wildman–Crippen LogP) is 1.40. The van der Waals surface area contributed by atoms with Crippen LogP contribution in [0.25, 0.3) is 0 Å². The van der Waals surface area contributed by atoms with E-state index in [4.69, 9.17) is 4.52 Å². The lowest BCUT2D eigenvalue weighted by atomic mass is 9.73. The average Bonchev–Trinajstić information content (AvgIpc) is 3.32. The zero-order valence-electron chi connectivity index (χ0n) is 15.0. The molecule has 1 aromatic carbocycles. The van der Waals surface area contributed by atoms with Crippen LogP contribution in [0.4, 0.5) is 0 Å². The standard InChI is InChI=1S/C19H22N4O3/c1-13-20-16(26-21-13)10-17(24)23-9-8-19(12-23)15(11-22(2)18(19)25)14-6-4-3-5-7-14/h3-7,15H,8-12H2,1-2H3. The van der Waals surface area contributed by atoms with E-state index in [-0.39, 0.29) is 24.2 Å². The molecule has 2 aliphatic heterocycles. The lowest BCUT2D eigenvalue weighted by Gasteiger charge is -2.28. The number of hydrogen-bond acceptors (Lipinski definition) is 5. The van der Waals surface area contributed by atoms with Crippen LogP contribution in [0.5, 0.6) is 0 Å². The molecule has 2 aliphatic rings. The summed E-state index contributed by atoms with van der Waals surface area (Å²) < 4.78 is 5.06. The fourth-order valence-corrected chi connectivity index (χ4v) is 4.33. The molecular formula is C19H22N4O3. The zero-order valence-corrected chi connectivity index (χ0v) is 15.0. The lowest BCUT2D eigenvalue weighted by molar-refractivity contribution is -0.135. The highest BCUT2D eigenvalue weighted by Crippen LogP contribution is 2.49. The number of carbonyl (C=O) groups is 2. The number of benzene rings is 1. The number of hydrogen-bond donors (Lipinski definition) is 0. The Morgan fingerprint density at radius 2 is 2.12 bits per heavy atom. The molecule has 1 aromatic heterocycles. The highest BCUT2D eigenvalue weighted by molar-refractivity contribution is 5.89. The molecule has 0 bridgehead atoms. The molecule has 2 fully saturated rings. The molecule has 2 amide bonds. The van der Waals surface area contributed by atoms with Crippen LogP contribution in [-0.2, 0) is 16.0 Å². The molecule has 3 heterocycles. The molecule has 2 saturated heterocycles. The zero-order chi connectivity index (χ0) is 18.3. The molecule has 0 N–H and O–H groups in total. The third kappa shape index (κ3) is 2.67. The summed E-state index contributed by atoms with van der Waals surface area (Å²) in [6.07, 6.45) is 0.765. The van der Waals surface area contributed by atoms with Gasteiger partial charge in [-0.1, -0.05) is 35.5 Å². The SMILES string of the molecule is Cc1noc(CC(=O)N2CCC3(C2)C(=O)N(C)CC3c2ccccc2)n1. The van der Waals surface area contributed by atoms with E-state index in [9.17, 15) is 9.59 Å². The molecule has 7 heteroatoms. The summed E-state index contributed by atoms with van der Waals surface area (Å²) in [7, 11) is 1.85. The van der Waals surface area contributed by atoms with Gasteiger partial charge in [0.15, 0.2) is 5.82 Å². The number of nitrogens with zero attached hydrogens (tertiary/aromatic N) is 4. The van der Waals surface area contributed by atoms with Gasteiger partial charge >= 0.3 is 0 Å². The van der Waals surface area contributed by atoms with Crippen molar-refractivity contribution in [1.29, 1.82) is 0 Å². The number of aryl methyl sites for hydroxylation is 1. The first-order valence-corrected chi connectivity index (χ1v) is 8.87. The maximum absolute atomic E-state index is 13.0. The summed E-state index contributed by atoms with van der Waals surface area (Å²) in [5.41, 5.74) is 0.628. The summed E-state index contributed by atoms with van der Waals surface area (Å²) in [5, 5.41) is 3.72. The number of likely N-dealkylation sites (tertiary alicyclic amines) is 2. The summed E-state index contributed by atoms with van der Waals surface area (Å²) in [6.45, 7) is 3.43. The van der Waals surface area contributed by atoms with Crippen LogP contribution in [-0.4, -0.2) is 58.4 Å². The lowest BCUT2D eigenvalue weighted by Crippen LogP contribution is -2.39. The van der Waals surface area contributed by atoms with Crippen molar-refractivity contribution in [3.63, 3.8) is 0 Å². The number of amides is 2. The predicted molar refractivity (Wildman–Crippen MR) is 93.2 cm³/mol. The van der Waals surface area contributed by atoms with Crippen LogP contribution in [0.2, 0.25) is 0 Å². The number of aromatic nitrogens is 2. The highest BCUT2D eigenvalue weighted by Gasteiger charge is 2.57. The van der Waals surface area contributed by atoms with E-state index in [2.05, 4.69) is 22.3 Å². The smallest absolute Gasteiger partial charge is 0.236 e. The van der Waals surface area contributed by atoms with Crippen LogP contribution >= 0.6 is 0 Å². The van der Waals surface area contributed by atoms with Crippen molar-refractivity contribution in [3.8, 4) is 0 Å². The molecular weight excluding hydrogens is 332 g/mol. The van der Waals surface area contributed by atoms with Crippen LogP contribution in [0, 0.1) is 12.3 Å². The van der Waals surface area contributed by atoms with Gasteiger partial charge in [-0.3, -0.25) is 9.59 Å². The van der Waals surface area contributed by atoms with Crippen molar-refractivity contribution in [1.82, 2.24) is 19.9 Å². The maximum atomic E-state index is 13.0. The second-order valence-corrected chi connectivity index (χ2v) is 7.28. The van der Waals surface area contributed by atoms with E-state index in [1.54, 1.807) is 16.7 Å². The minimum Gasteiger partial charge on any atom is -0.345 e. The Balaban J connectivity index is 1.56. The monoisotopic (exact) mass is 354 g/mol. The summed E-state index contributed by atoms with van der Waals surface area (Å²) in [5.74, 6) is 1.00. The maximum Gasteiger partial charge on any atom is 0.236 e. The quantitative estimate of drug-likeness (QED) is 0.832. The van der Waals surface area contributed by atoms with Crippen molar-refractivity contribution < 1.29 is 14.1 Å². The summed E-state index contributed by atoms with van der Waals surface area (Å²) >= 11 is 0. The second kappa shape index (κ2) is 6.23. The van der Waals surface area contributed by atoms with Crippen LogP contribution in [0.1, 0.15) is 29.6 Å². The summed E-state index contributed by atoms with van der Waals surface area (Å²) in [6, 6.07) is 10.1. The molecule has 2 atom stereocenters. The molecule has 2 unspecified atom stereocenters. The van der Waals surface area contributed by atoms with Gasteiger partial charge in [-0.2, -0.15) is 4.98 Å². The van der Waals surface area contributed by atoms with Gasteiger partial charge in [0.05, 0.1) is 5.41 Å². The number of rotatable bonds is 3. The molecule has 7 nitrogen and oxygen atoms in total. The molecule has 0 aliphatic carbocycles. The minimum atomic E-state index is -0.531. The summed E-state index contributed by atoms with van der Waals surface area (Å²) in [4.78, 5) is 33.3. The van der Waals surface area contributed by atoms with E-state index in [1.807, 2.05) is 25.2 Å². The van der Waals surface area contributed by atoms with E-state index in [0.717, 1.165) is 5.56 Å². The Labute approximate surface area is 152 Å². The first-order chi connectivity index (χ1) is 12.5. The molecule has 26 heavy (non-hydrogen) atoms. The van der Waals surface area contributed by atoms with Crippen LogP contribution in [0.15, 0.2) is 34.9 Å². The Morgan fingerprint density at radius 3 is 2.81 bits per heavy atom. The van der Waals surface area contributed by atoms with Gasteiger partial charge in [0.25, 0.3) is 0 Å². The fraction of sp³-hybridized carbons (Fsp3) is 0.474. The van der Waals surface area contributed by atoms with Gasteiger partial charge in [-0.05, 0) is 18.9 Å². The molecule has 1 spiro atoms. The van der Waals surface area contributed by atoms with Gasteiger partial charge < -0.3 is 14.3 Å². The van der Waals surface area contributed by atoms with Crippen molar-refractivity contribution >= 4 is 11.8 Å². The van der Waals surface area contributed by atoms with Gasteiger partial charge in [-0.25, -0.2) is 0 Å². The van der Waals surface area contributed by atoms with Gasteiger partial charge in [0, 0.05) is 32.6 Å². The average molecular weight is 354 g/mol. The van der Waals surface area contributed by atoms with Gasteiger partial charge in [0.1, 0.15) is 6.42 Å².